The van der Waals surface area contributed by atoms with E-state index in [2.05, 4.69) is 9.88 Å². The summed E-state index contributed by atoms with van der Waals surface area (Å²) >= 11 is 0. The number of fused-ring (bicyclic) bond motifs is 1. The smallest absolute Gasteiger partial charge is 0.374 e. The Balaban J connectivity index is 1.52. The van der Waals surface area contributed by atoms with Crippen LogP contribution in [0.5, 0.6) is 0 Å². The lowest BCUT2D eigenvalue weighted by molar-refractivity contribution is -0.161. The third kappa shape index (κ3) is 4.74. The van der Waals surface area contributed by atoms with Gasteiger partial charge in [-0.1, -0.05) is 0 Å². The van der Waals surface area contributed by atoms with E-state index in [0.29, 0.717) is 11.7 Å². The van der Waals surface area contributed by atoms with Crippen molar-refractivity contribution < 1.29 is 19.1 Å². The average molecular weight is 392 g/mol. The van der Waals surface area contributed by atoms with Crippen molar-refractivity contribution >= 4 is 11.9 Å². The van der Waals surface area contributed by atoms with Crippen molar-refractivity contribution in [1.29, 1.82) is 0 Å². The molecule has 28 heavy (non-hydrogen) atoms. The third-order valence-corrected chi connectivity index (χ3v) is 5.81. The van der Waals surface area contributed by atoms with Crippen LogP contribution < -0.4 is 0 Å². The molecule has 3 rings (SSSR count). The number of methoxy groups -OCH3 is 1. The molecule has 0 spiro atoms. The zero-order valence-corrected chi connectivity index (χ0v) is 17.8. The predicted octanol–water partition coefficient (Wildman–Crippen LogP) is 2.71. The number of imidazole rings is 1. The highest BCUT2D eigenvalue weighted by molar-refractivity contribution is 5.85. The molecule has 1 aromatic rings. The lowest BCUT2D eigenvalue weighted by Gasteiger charge is -2.34. The highest BCUT2D eigenvalue weighted by Crippen LogP contribution is 2.32. The maximum Gasteiger partial charge on any atom is 0.374 e. The Hall–Kier alpha value is -1.89. The summed E-state index contributed by atoms with van der Waals surface area (Å²) in [6.07, 6.45) is 4.83. The number of rotatable bonds is 4. The second kappa shape index (κ2) is 8.23. The molecule has 7 nitrogen and oxygen atoms in total. The van der Waals surface area contributed by atoms with E-state index in [4.69, 9.17) is 9.47 Å². The van der Waals surface area contributed by atoms with Crippen molar-refractivity contribution in [3.05, 3.63) is 17.2 Å². The molecule has 0 atom stereocenters. The van der Waals surface area contributed by atoms with E-state index in [0.717, 1.165) is 63.1 Å². The fourth-order valence-corrected chi connectivity index (χ4v) is 4.34. The highest BCUT2D eigenvalue weighted by atomic mass is 16.6. The lowest BCUT2D eigenvalue weighted by atomic mass is 9.81. The van der Waals surface area contributed by atoms with Crippen LogP contribution in [-0.2, 0) is 34.3 Å². The fourth-order valence-electron chi connectivity index (χ4n) is 4.34. The molecule has 0 radical (unpaired) electrons. The first-order valence-electron chi connectivity index (χ1n) is 10.3. The van der Waals surface area contributed by atoms with E-state index >= 15 is 0 Å². The standard InChI is InChI=1S/C21H33N3O4/c1-21(2,3)28-19(25)15-8-6-14(7-9-15)12-24-11-10-17-16(13-24)22-18(23(17)4)20(26)27-5/h14-15H,6-13H2,1-5H3/t14-,15-. The van der Waals surface area contributed by atoms with Gasteiger partial charge in [-0.25, -0.2) is 9.78 Å². The number of esters is 2. The monoisotopic (exact) mass is 391 g/mol. The van der Waals surface area contributed by atoms with Gasteiger partial charge in [-0.3, -0.25) is 9.69 Å². The quantitative estimate of drug-likeness (QED) is 0.735. The summed E-state index contributed by atoms with van der Waals surface area (Å²) in [6, 6.07) is 0. The average Bonchev–Trinajstić information content (AvgIpc) is 2.96. The molecule has 7 heteroatoms. The van der Waals surface area contributed by atoms with Crippen molar-refractivity contribution in [2.24, 2.45) is 18.9 Å². The molecule has 1 aliphatic heterocycles. The van der Waals surface area contributed by atoms with Gasteiger partial charge in [0.2, 0.25) is 5.82 Å². The van der Waals surface area contributed by atoms with Gasteiger partial charge < -0.3 is 14.0 Å². The van der Waals surface area contributed by atoms with E-state index in [9.17, 15) is 9.59 Å². The SMILES string of the molecule is COC(=O)c1nc2c(n1C)CCN(C[C@H]1CC[C@H](C(=O)OC(C)(C)C)CC1)C2. The topological polar surface area (TPSA) is 73.7 Å². The minimum Gasteiger partial charge on any atom is -0.463 e. The Kier molecular flexibility index (Phi) is 6.12. The number of hydrogen-bond acceptors (Lipinski definition) is 6. The first-order valence-corrected chi connectivity index (χ1v) is 10.3. The Morgan fingerprint density at radius 1 is 1.18 bits per heavy atom. The molecule has 2 aliphatic rings. The molecule has 0 saturated heterocycles. The summed E-state index contributed by atoms with van der Waals surface area (Å²) in [7, 11) is 3.27. The molecule has 0 unspecified atom stereocenters. The molecule has 2 heterocycles. The van der Waals surface area contributed by atoms with Crippen LogP contribution in [0.1, 0.15) is 68.5 Å². The van der Waals surface area contributed by atoms with Gasteiger partial charge in [0.05, 0.1) is 18.7 Å². The lowest BCUT2D eigenvalue weighted by Crippen LogP contribution is -2.37. The molecule has 1 aliphatic carbocycles. The second-order valence-electron chi connectivity index (χ2n) is 9.12. The van der Waals surface area contributed by atoms with Gasteiger partial charge in [-0.05, 0) is 52.4 Å². The Labute approximate surface area is 167 Å². The van der Waals surface area contributed by atoms with Gasteiger partial charge in [-0.2, -0.15) is 0 Å². The summed E-state index contributed by atoms with van der Waals surface area (Å²) in [5.41, 5.74) is 1.70. The molecule has 0 N–H and O–H groups in total. The molecule has 0 bridgehead atoms. The summed E-state index contributed by atoms with van der Waals surface area (Å²) in [5.74, 6) is 0.597. The number of carbonyl (C=O) groups is 2. The third-order valence-electron chi connectivity index (χ3n) is 5.81. The Bertz CT molecular complexity index is 727. The molecule has 0 amide bonds. The number of aromatic nitrogens is 2. The molecule has 1 aromatic heterocycles. The van der Waals surface area contributed by atoms with E-state index < -0.39 is 5.60 Å². The molecule has 1 saturated carbocycles. The van der Waals surface area contributed by atoms with Gasteiger partial charge in [-0.15, -0.1) is 0 Å². The van der Waals surface area contributed by atoms with E-state index in [1.807, 2.05) is 32.4 Å². The van der Waals surface area contributed by atoms with Gasteiger partial charge in [0.1, 0.15) is 5.60 Å². The van der Waals surface area contributed by atoms with Crippen LogP contribution in [0.15, 0.2) is 0 Å². The van der Waals surface area contributed by atoms with Crippen LogP contribution in [0.3, 0.4) is 0 Å². The van der Waals surface area contributed by atoms with Crippen molar-refractivity contribution in [2.75, 3.05) is 20.2 Å². The predicted molar refractivity (Wildman–Crippen MR) is 105 cm³/mol. The minimum absolute atomic E-state index is 0.0434. The van der Waals surface area contributed by atoms with Crippen LogP contribution in [0, 0.1) is 11.8 Å². The number of nitrogens with zero attached hydrogens (tertiary/aromatic N) is 3. The van der Waals surface area contributed by atoms with Crippen LogP contribution in [0.4, 0.5) is 0 Å². The first-order chi connectivity index (χ1) is 13.2. The largest absolute Gasteiger partial charge is 0.463 e. The maximum atomic E-state index is 12.3. The van der Waals surface area contributed by atoms with E-state index in [1.165, 1.54) is 7.11 Å². The molecule has 1 fully saturated rings. The maximum absolute atomic E-state index is 12.3. The highest BCUT2D eigenvalue weighted by Gasteiger charge is 2.32. The normalized spacial score (nSPS) is 23.2. The minimum atomic E-state index is -0.412. The number of hydrogen-bond donors (Lipinski definition) is 0. The van der Waals surface area contributed by atoms with E-state index in [-0.39, 0.29) is 17.9 Å². The van der Waals surface area contributed by atoms with Crippen molar-refractivity contribution in [3.63, 3.8) is 0 Å². The van der Waals surface area contributed by atoms with Crippen molar-refractivity contribution in [2.45, 2.75) is 65.0 Å². The van der Waals surface area contributed by atoms with Gasteiger partial charge in [0.15, 0.2) is 0 Å². The fraction of sp³-hybridized carbons (Fsp3) is 0.762. The van der Waals surface area contributed by atoms with Crippen molar-refractivity contribution in [3.8, 4) is 0 Å². The Morgan fingerprint density at radius 2 is 1.86 bits per heavy atom. The molecular weight excluding hydrogens is 358 g/mol. The summed E-state index contributed by atoms with van der Waals surface area (Å²) in [4.78, 5) is 31.1. The van der Waals surface area contributed by atoms with Crippen molar-refractivity contribution in [1.82, 2.24) is 14.5 Å². The number of ether oxygens (including phenoxy) is 2. The first kappa shape index (κ1) is 20.8. The van der Waals surface area contributed by atoms with Crippen LogP contribution in [0.2, 0.25) is 0 Å². The van der Waals surface area contributed by atoms with Gasteiger partial charge in [0.25, 0.3) is 0 Å². The second-order valence-corrected chi connectivity index (χ2v) is 9.12. The Morgan fingerprint density at radius 3 is 2.46 bits per heavy atom. The number of carbonyl (C=O) groups excluding carboxylic acids is 2. The van der Waals surface area contributed by atoms with Crippen LogP contribution >= 0.6 is 0 Å². The molecule has 0 aromatic carbocycles. The zero-order valence-electron chi connectivity index (χ0n) is 17.8. The van der Waals surface area contributed by atoms with Crippen LogP contribution in [-0.4, -0.2) is 52.2 Å². The van der Waals surface area contributed by atoms with Gasteiger partial charge in [0, 0.05) is 38.8 Å². The van der Waals surface area contributed by atoms with Gasteiger partial charge >= 0.3 is 11.9 Å². The van der Waals surface area contributed by atoms with E-state index in [1.54, 1.807) is 0 Å². The zero-order chi connectivity index (χ0) is 20.5. The van der Waals surface area contributed by atoms with Crippen LogP contribution in [0.25, 0.3) is 0 Å². The summed E-state index contributed by atoms with van der Waals surface area (Å²) in [6.45, 7) is 8.52. The summed E-state index contributed by atoms with van der Waals surface area (Å²) in [5, 5.41) is 0. The molecular formula is C21H33N3O4. The summed E-state index contributed by atoms with van der Waals surface area (Å²) < 4.78 is 12.2. The molecule has 156 valence electrons.